The maximum absolute atomic E-state index is 12.9. The fraction of sp³-hybridized carbons (Fsp3) is 0.138. The molecule has 0 aliphatic heterocycles. The average molecular weight is 516 g/mol. The van der Waals surface area contributed by atoms with E-state index in [0.29, 0.717) is 28.3 Å². The predicted molar refractivity (Wildman–Crippen MR) is 144 cm³/mol. The third-order valence-electron chi connectivity index (χ3n) is 5.78. The zero-order chi connectivity index (χ0) is 26.2. The minimum Gasteiger partial charge on any atom is -0.349 e. The van der Waals surface area contributed by atoms with E-state index in [-0.39, 0.29) is 17.9 Å². The van der Waals surface area contributed by atoms with Gasteiger partial charge in [-0.3, -0.25) is 19.6 Å². The number of carbonyl (C=O) groups excluding carboxylic acids is 3. The van der Waals surface area contributed by atoms with Gasteiger partial charge in [0, 0.05) is 40.4 Å². The molecule has 0 aromatic heterocycles. The van der Waals surface area contributed by atoms with E-state index >= 15 is 0 Å². The SMILES string of the molecule is O=C(C=Cc1ccc(C=C(C(=O)NC2CC2)c2ccccc2Cl)cc1)NCc1ccc(C(=O)NO)cc1. The molecule has 0 unspecified atom stereocenters. The van der Waals surface area contributed by atoms with Gasteiger partial charge in [0.2, 0.25) is 5.91 Å². The van der Waals surface area contributed by atoms with Crippen LogP contribution in [-0.4, -0.2) is 29.0 Å². The second-order valence-corrected chi connectivity index (χ2v) is 9.05. The minimum atomic E-state index is -0.596. The summed E-state index contributed by atoms with van der Waals surface area (Å²) >= 11 is 6.37. The van der Waals surface area contributed by atoms with Crippen molar-refractivity contribution in [3.05, 3.63) is 112 Å². The molecule has 0 bridgehead atoms. The van der Waals surface area contributed by atoms with E-state index in [2.05, 4.69) is 10.6 Å². The molecule has 3 amide bonds. The number of rotatable bonds is 9. The first-order valence-electron chi connectivity index (χ1n) is 11.8. The normalized spacial score (nSPS) is 13.3. The fourth-order valence-electron chi connectivity index (χ4n) is 3.56. The Morgan fingerprint density at radius 3 is 2.24 bits per heavy atom. The van der Waals surface area contributed by atoms with Crippen LogP contribution in [0.25, 0.3) is 17.7 Å². The second-order valence-electron chi connectivity index (χ2n) is 8.64. The van der Waals surface area contributed by atoms with Crippen molar-refractivity contribution in [3.63, 3.8) is 0 Å². The Morgan fingerprint density at radius 2 is 1.59 bits per heavy atom. The number of hydrogen-bond donors (Lipinski definition) is 4. The Hall–Kier alpha value is -4.20. The summed E-state index contributed by atoms with van der Waals surface area (Å²) in [6.07, 6.45) is 6.94. The van der Waals surface area contributed by atoms with Crippen LogP contribution in [0, 0.1) is 0 Å². The highest BCUT2D eigenvalue weighted by atomic mass is 35.5. The molecule has 188 valence electrons. The van der Waals surface area contributed by atoms with E-state index in [1.54, 1.807) is 41.9 Å². The van der Waals surface area contributed by atoms with Gasteiger partial charge in [0.1, 0.15) is 0 Å². The number of halogens is 1. The molecule has 0 atom stereocenters. The molecule has 3 aromatic carbocycles. The van der Waals surface area contributed by atoms with Crippen LogP contribution >= 0.6 is 11.6 Å². The van der Waals surface area contributed by atoms with Gasteiger partial charge in [-0.05, 0) is 59.9 Å². The van der Waals surface area contributed by atoms with Gasteiger partial charge in [0.05, 0.1) is 0 Å². The van der Waals surface area contributed by atoms with Crippen molar-refractivity contribution < 1.29 is 19.6 Å². The molecule has 37 heavy (non-hydrogen) atoms. The molecule has 0 radical (unpaired) electrons. The molecule has 1 saturated carbocycles. The van der Waals surface area contributed by atoms with Gasteiger partial charge < -0.3 is 10.6 Å². The summed E-state index contributed by atoms with van der Waals surface area (Å²) in [7, 11) is 0. The van der Waals surface area contributed by atoms with Gasteiger partial charge in [0.15, 0.2) is 0 Å². The monoisotopic (exact) mass is 515 g/mol. The van der Waals surface area contributed by atoms with Crippen LogP contribution < -0.4 is 16.1 Å². The summed E-state index contributed by atoms with van der Waals surface area (Å²) in [5, 5.41) is 15.0. The standard InChI is InChI=1S/C29H26ClN3O4/c30-26-4-2-1-3-24(26)25(29(36)32-23-14-15-23)17-20-7-5-19(6-8-20)11-16-27(34)31-18-21-9-12-22(13-10-21)28(35)33-37/h1-13,16-17,23,37H,14-15,18H2,(H,31,34)(H,32,36)(H,33,35). The van der Waals surface area contributed by atoms with E-state index in [4.69, 9.17) is 16.8 Å². The third-order valence-corrected chi connectivity index (χ3v) is 6.11. The first-order chi connectivity index (χ1) is 17.9. The van der Waals surface area contributed by atoms with Crippen LogP contribution in [0.1, 0.15) is 45.5 Å². The van der Waals surface area contributed by atoms with Crippen LogP contribution in [-0.2, 0) is 16.1 Å². The number of amides is 3. The van der Waals surface area contributed by atoms with E-state index in [1.165, 1.54) is 6.08 Å². The lowest BCUT2D eigenvalue weighted by Gasteiger charge is -2.11. The highest BCUT2D eigenvalue weighted by Crippen LogP contribution is 2.28. The maximum Gasteiger partial charge on any atom is 0.274 e. The van der Waals surface area contributed by atoms with Crippen molar-refractivity contribution in [3.8, 4) is 0 Å². The van der Waals surface area contributed by atoms with Crippen molar-refractivity contribution >= 4 is 47.0 Å². The predicted octanol–water partition coefficient (Wildman–Crippen LogP) is 4.61. The molecule has 8 heteroatoms. The average Bonchev–Trinajstić information content (AvgIpc) is 3.74. The number of hydrogen-bond acceptors (Lipinski definition) is 4. The Balaban J connectivity index is 1.39. The molecule has 7 nitrogen and oxygen atoms in total. The van der Waals surface area contributed by atoms with Crippen LogP contribution in [0.15, 0.2) is 78.9 Å². The summed E-state index contributed by atoms with van der Waals surface area (Å²) < 4.78 is 0. The lowest BCUT2D eigenvalue weighted by molar-refractivity contribution is -0.117. The van der Waals surface area contributed by atoms with Gasteiger partial charge in [-0.1, -0.05) is 66.2 Å². The topological polar surface area (TPSA) is 108 Å². The van der Waals surface area contributed by atoms with Crippen molar-refractivity contribution in [2.75, 3.05) is 0 Å². The fourth-order valence-corrected chi connectivity index (χ4v) is 3.80. The zero-order valence-electron chi connectivity index (χ0n) is 19.9. The summed E-state index contributed by atoms with van der Waals surface area (Å²) in [4.78, 5) is 36.5. The molecule has 1 fully saturated rings. The Morgan fingerprint density at radius 1 is 0.919 bits per heavy atom. The zero-order valence-corrected chi connectivity index (χ0v) is 20.7. The molecule has 4 rings (SSSR count). The van der Waals surface area contributed by atoms with Crippen molar-refractivity contribution in [1.29, 1.82) is 0 Å². The van der Waals surface area contributed by atoms with Gasteiger partial charge in [-0.2, -0.15) is 0 Å². The summed E-state index contributed by atoms with van der Waals surface area (Å²) in [5.41, 5.74) is 5.55. The first kappa shape index (κ1) is 25.9. The molecule has 0 spiro atoms. The largest absolute Gasteiger partial charge is 0.349 e. The van der Waals surface area contributed by atoms with Gasteiger partial charge in [-0.15, -0.1) is 0 Å². The molecule has 0 heterocycles. The summed E-state index contributed by atoms with van der Waals surface area (Å²) in [6, 6.07) is 21.5. The van der Waals surface area contributed by atoms with Crippen molar-refractivity contribution in [1.82, 2.24) is 16.1 Å². The third kappa shape index (κ3) is 7.39. The second kappa shape index (κ2) is 12.2. The lowest BCUT2D eigenvalue weighted by atomic mass is 10.0. The smallest absolute Gasteiger partial charge is 0.274 e. The van der Waals surface area contributed by atoms with Gasteiger partial charge in [0.25, 0.3) is 11.8 Å². The van der Waals surface area contributed by atoms with Crippen LogP contribution in [0.3, 0.4) is 0 Å². The number of nitrogens with one attached hydrogen (secondary N) is 3. The highest BCUT2D eigenvalue weighted by molar-refractivity contribution is 6.36. The van der Waals surface area contributed by atoms with E-state index < -0.39 is 5.91 Å². The number of benzene rings is 3. The number of carbonyl (C=O) groups is 3. The maximum atomic E-state index is 12.9. The first-order valence-corrected chi connectivity index (χ1v) is 12.2. The summed E-state index contributed by atoms with van der Waals surface area (Å²) in [6.45, 7) is 0.293. The Labute approximate surface area is 219 Å². The molecule has 1 aliphatic carbocycles. The Bertz CT molecular complexity index is 1340. The lowest BCUT2D eigenvalue weighted by Crippen LogP contribution is -2.26. The molecular weight excluding hydrogens is 490 g/mol. The molecule has 4 N–H and O–H groups in total. The van der Waals surface area contributed by atoms with E-state index in [0.717, 1.165) is 29.5 Å². The highest BCUT2D eigenvalue weighted by Gasteiger charge is 2.25. The van der Waals surface area contributed by atoms with E-state index in [9.17, 15) is 14.4 Å². The quantitative estimate of drug-likeness (QED) is 0.144. The molecular formula is C29H26ClN3O4. The number of hydroxylamine groups is 1. The summed E-state index contributed by atoms with van der Waals surface area (Å²) in [5.74, 6) is -1.01. The minimum absolute atomic E-state index is 0.150. The molecule has 3 aromatic rings. The van der Waals surface area contributed by atoms with Crippen LogP contribution in [0.5, 0.6) is 0 Å². The van der Waals surface area contributed by atoms with Gasteiger partial charge >= 0.3 is 0 Å². The van der Waals surface area contributed by atoms with E-state index in [1.807, 2.05) is 48.5 Å². The van der Waals surface area contributed by atoms with Crippen molar-refractivity contribution in [2.24, 2.45) is 0 Å². The Kier molecular flexibility index (Phi) is 8.51. The van der Waals surface area contributed by atoms with Crippen LogP contribution in [0.2, 0.25) is 5.02 Å². The van der Waals surface area contributed by atoms with Crippen molar-refractivity contribution in [2.45, 2.75) is 25.4 Å². The van der Waals surface area contributed by atoms with Crippen LogP contribution in [0.4, 0.5) is 0 Å². The van der Waals surface area contributed by atoms with Gasteiger partial charge in [-0.25, -0.2) is 5.48 Å². The molecule has 0 saturated heterocycles. The molecule has 1 aliphatic rings.